The summed E-state index contributed by atoms with van der Waals surface area (Å²) in [7, 11) is 0. The molecule has 2 aliphatic rings. The van der Waals surface area contributed by atoms with E-state index in [9.17, 15) is 4.79 Å². The van der Waals surface area contributed by atoms with Gasteiger partial charge in [-0.1, -0.05) is 11.8 Å². The number of rotatable bonds is 8. The Kier molecular flexibility index (Phi) is 4.65. The van der Waals surface area contributed by atoms with Gasteiger partial charge in [-0.2, -0.15) is 0 Å². The zero-order valence-electron chi connectivity index (χ0n) is 17.1. The van der Waals surface area contributed by atoms with Gasteiger partial charge in [0.15, 0.2) is 10.9 Å². The number of Topliss-reactive ketones (excluding diaryl/α,β-unsaturated/α-hetero) is 1. The number of aromatic nitrogens is 4. The molecular formula is C22H26N4O2S. The number of hydrogen-bond acceptors (Lipinski definition) is 5. The van der Waals surface area contributed by atoms with Crippen molar-refractivity contribution in [3.8, 4) is 0 Å². The van der Waals surface area contributed by atoms with Crippen LogP contribution < -0.4 is 0 Å². The van der Waals surface area contributed by atoms with E-state index in [1.165, 1.54) is 25.7 Å². The lowest BCUT2D eigenvalue weighted by Gasteiger charge is -2.13. The minimum absolute atomic E-state index is 0.145. The van der Waals surface area contributed by atoms with Gasteiger partial charge in [0.2, 0.25) is 0 Å². The van der Waals surface area contributed by atoms with Crippen molar-refractivity contribution in [3.63, 3.8) is 0 Å². The topological polar surface area (TPSA) is 65.8 Å². The molecule has 0 aliphatic heterocycles. The molecule has 2 aliphatic carbocycles. The maximum absolute atomic E-state index is 13.3. The predicted molar refractivity (Wildman–Crippen MR) is 112 cm³/mol. The average molecular weight is 411 g/mol. The van der Waals surface area contributed by atoms with Crippen LogP contribution in [0.5, 0.6) is 0 Å². The van der Waals surface area contributed by atoms with E-state index >= 15 is 0 Å². The summed E-state index contributed by atoms with van der Waals surface area (Å²) in [5.74, 6) is 2.74. The first-order valence-corrected chi connectivity index (χ1v) is 11.3. The number of carbonyl (C=O) groups is 1. The lowest BCUT2D eigenvalue weighted by molar-refractivity contribution is 0.0993. The molecule has 2 fully saturated rings. The fourth-order valence-electron chi connectivity index (χ4n) is 3.95. The number of thioether (sulfide) groups is 1. The highest BCUT2D eigenvalue weighted by Gasteiger charge is 2.37. The van der Waals surface area contributed by atoms with Crippen LogP contribution in [-0.2, 0) is 6.54 Å². The molecule has 1 atom stereocenters. The van der Waals surface area contributed by atoms with Crippen LogP contribution in [0, 0.1) is 13.8 Å². The lowest BCUT2D eigenvalue weighted by Crippen LogP contribution is -2.16. The van der Waals surface area contributed by atoms with E-state index in [0.717, 1.165) is 33.7 Å². The maximum Gasteiger partial charge on any atom is 0.192 e. The summed E-state index contributed by atoms with van der Waals surface area (Å²) < 4.78 is 9.94. The Hall–Kier alpha value is -2.28. The predicted octanol–water partition coefficient (Wildman–Crippen LogP) is 4.91. The zero-order chi connectivity index (χ0) is 20.1. The van der Waals surface area contributed by atoms with Crippen LogP contribution in [-0.4, -0.2) is 30.4 Å². The monoisotopic (exact) mass is 410 g/mol. The fourth-order valence-corrected chi connectivity index (χ4v) is 4.94. The molecule has 0 amide bonds. The Bertz CT molecular complexity index is 1040. The molecule has 2 saturated carbocycles. The van der Waals surface area contributed by atoms with Gasteiger partial charge in [0, 0.05) is 28.9 Å². The highest BCUT2D eigenvalue weighted by molar-refractivity contribution is 8.00. The summed E-state index contributed by atoms with van der Waals surface area (Å²) in [5, 5.41) is 9.62. The number of furan rings is 1. The van der Waals surface area contributed by atoms with Crippen LogP contribution in [0.3, 0.4) is 0 Å². The Morgan fingerprint density at radius 2 is 2.07 bits per heavy atom. The van der Waals surface area contributed by atoms with Crippen molar-refractivity contribution in [2.75, 3.05) is 0 Å². The van der Waals surface area contributed by atoms with Gasteiger partial charge in [0.05, 0.1) is 18.1 Å². The summed E-state index contributed by atoms with van der Waals surface area (Å²) in [4.78, 5) is 13.3. The summed E-state index contributed by atoms with van der Waals surface area (Å²) >= 11 is 1.55. The van der Waals surface area contributed by atoms with E-state index < -0.39 is 0 Å². The standard InChI is InChI=1S/C22H26N4O2S/c1-13-11-19(14(2)25(13)12-18-5-4-10-28-18)20(27)15(3)29-22-24-23-21(16-6-7-16)26(22)17-8-9-17/h4-5,10-11,15-17H,6-9,12H2,1-3H3. The first-order chi connectivity index (χ1) is 14.0. The van der Waals surface area contributed by atoms with E-state index in [0.29, 0.717) is 18.5 Å². The van der Waals surface area contributed by atoms with E-state index in [1.54, 1.807) is 18.0 Å². The maximum atomic E-state index is 13.3. The van der Waals surface area contributed by atoms with Gasteiger partial charge in [-0.05, 0) is 64.7 Å². The molecule has 7 heteroatoms. The lowest BCUT2D eigenvalue weighted by atomic mass is 10.1. The molecule has 29 heavy (non-hydrogen) atoms. The zero-order valence-corrected chi connectivity index (χ0v) is 17.9. The van der Waals surface area contributed by atoms with Gasteiger partial charge in [-0.15, -0.1) is 10.2 Å². The molecule has 152 valence electrons. The molecule has 0 spiro atoms. The molecule has 3 aromatic heterocycles. The van der Waals surface area contributed by atoms with E-state index in [4.69, 9.17) is 4.42 Å². The second kappa shape index (κ2) is 7.20. The molecule has 0 radical (unpaired) electrons. The molecule has 1 unspecified atom stereocenters. The van der Waals surface area contributed by atoms with E-state index in [2.05, 4.69) is 19.3 Å². The van der Waals surface area contributed by atoms with Crippen LogP contribution in [0.2, 0.25) is 0 Å². The molecule has 0 bridgehead atoms. The molecule has 0 aromatic carbocycles. The second-order valence-corrected chi connectivity index (χ2v) is 9.60. The van der Waals surface area contributed by atoms with Gasteiger partial charge >= 0.3 is 0 Å². The van der Waals surface area contributed by atoms with Gasteiger partial charge < -0.3 is 13.6 Å². The van der Waals surface area contributed by atoms with Crippen LogP contribution in [0.15, 0.2) is 34.0 Å². The first-order valence-electron chi connectivity index (χ1n) is 10.4. The van der Waals surface area contributed by atoms with Crippen molar-refractivity contribution in [2.45, 2.75) is 75.4 Å². The molecular weight excluding hydrogens is 384 g/mol. The molecule has 3 aromatic rings. The SMILES string of the molecule is Cc1cc(C(=O)C(C)Sc2nnc(C3CC3)n2C2CC2)c(C)n1Cc1ccco1. The van der Waals surface area contributed by atoms with Crippen molar-refractivity contribution in [2.24, 2.45) is 0 Å². The van der Waals surface area contributed by atoms with Gasteiger partial charge in [-0.25, -0.2) is 0 Å². The quantitative estimate of drug-likeness (QED) is 0.390. The average Bonchev–Trinajstić information content (AvgIpc) is 3.62. The Balaban J connectivity index is 1.36. The third-order valence-corrected chi connectivity index (χ3v) is 6.99. The largest absolute Gasteiger partial charge is 0.467 e. The van der Waals surface area contributed by atoms with Crippen LogP contribution in [0.4, 0.5) is 0 Å². The molecule has 6 nitrogen and oxygen atoms in total. The van der Waals surface area contributed by atoms with Crippen LogP contribution in [0.25, 0.3) is 0 Å². The smallest absolute Gasteiger partial charge is 0.192 e. The normalized spacial score (nSPS) is 17.6. The van der Waals surface area contributed by atoms with Crippen LogP contribution >= 0.6 is 11.8 Å². The molecule has 0 N–H and O–H groups in total. The molecule has 3 heterocycles. The van der Waals surface area contributed by atoms with E-state index in [-0.39, 0.29) is 11.0 Å². The fraction of sp³-hybridized carbons (Fsp3) is 0.500. The number of hydrogen-bond donors (Lipinski definition) is 0. The van der Waals surface area contributed by atoms with Crippen molar-refractivity contribution in [1.29, 1.82) is 0 Å². The number of aryl methyl sites for hydroxylation is 1. The van der Waals surface area contributed by atoms with Crippen molar-refractivity contribution >= 4 is 17.5 Å². The molecule has 5 rings (SSSR count). The van der Waals surface area contributed by atoms with Gasteiger partial charge in [0.25, 0.3) is 0 Å². The van der Waals surface area contributed by atoms with Crippen molar-refractivity contribution in [3.05, 3.63) is 53.0 Å². The Morgan fingerprint density at radius 3 is 2.72 bits per heavy atom. The minimum atomic E-state index is -0.207. The summed E-state index contributed by atoms with van der Waals surface area (Å²) in [6.45, 7) is 6.67. The van der Waals surface area contributed by atoms with Gasteiger partial charge in [0.1, 0.15) is 11.6 Å². The summed E-state index contributed by atoms with van der Waals surface area (Å²) in [5.41, 5.74) is 2.84. The minimum Gasteiger partial charge on any atom is -0.467 e. The third kappa shape index (κ3) is 3.56. The highest BCUT2D eigenvalue weighted by atomic mass is 32.2. The highest BCUT2D eigenvalue weighted by Crippen LogP contribution is 2.46. The molecule has 0 saturated heterocycles. The summed E-state index contributed by atoms with van der Waals surface area (Å²) in [6, 6.07) is 6.38. The Morgan fingerprint density at radius 1 is 1.28 bits per heavy atom. The van der Waals surface area contributed by atoms with Crippen molar-refractivity contribution < 1.29 is 9.21 Å². The second-order valence-electron chi connectivity index (χ2n) is 8.29. The number of carbonyl (C=O) groups excluding carboxylic acids is 1. The van der Waals surface area contributed by atoms with Crippen molar-refractivity contribution in [1.82, 2.24) is 19.3 Å². The van der Waals surface area contributed by atoms with Gasteiger partial charge in [-0.3, -0.25) is 4.79 Å². The summed E-state index contributed by atoms with van der Waals surface area (Å²) in [6.07, 6.45) is 6.50. The first kappa shape index (κ1) is 18.7. The van der Waals surface area contributed by atoms with Crippen LogP contribution in [0.1, 0.15) is 77.9 Å². The van der Waals surface area contributed by atoms with E-state index in [1.807, 2.05) is 39.0 Å². The third-order valence-electron chi connectivity index (χ3n) is 5.93. The Labute approximate surface area is 174 Å². The number of ketones is 1. The number of nitrogens with zero attached hydrogens (tertiary/aromatic N) is 4.